The molecule has 0 bridgehead atoms. The first-order chi connectivity index (χ1) is 12.1. The fourth-order valence-electron chi connectivity index (χ4n) is 3.54. The number of amides is 2. The maximum Gasteiger partial charge on any atom is 0.242 e. The third kappa shape index (κ3) is 5.30. The van der Waals surface area contributed by atoms with E-state index < -0.39 is 0 Å². The maximum atomic E-state index is 12.6. The van der Waals surface area contributed by atoms with Gasteiger partial charge in [-0.1, -0.05) is 30.3 Å². The first-order valence-electron chi connectivity index (χ1n) is 9.48. The smallest absolute Gasteiger partial charge is 0.242 e. The van der Waals surface area contributed by atoms with E-state index in [-0.39, 0.29) is 17.9 Å². The van der Waals surface area contributed by atoms with Gasteiger partial charge in [0.25, 0.3) is 0 Å². The second-order valence-corrected chi connectivity index (χ2v) is 7.38. The van der Waals surface area contributed by atoms with E-state index in [2.05, 4.69) is 34.6 Å². The van der Waals surface area contributed by atoms with Gasteiger partial charge in [-0.15, -0.1) is 0 Å². The van der Waals surface area contributed by atoms with E-state index >= 15 is 0 Å². The molecule has 1 saturated carbocycles. The topological polar surface area (TPSA) is 61.4 Å². The molecule has 0 unspecified atom stereocenters. The molecule has 2 aliphatic rings. The standard InChI is InChI=1S/C20H29N3O2/c1-15(17-10-11-17)23(13-16-7-3-2-4-8-16)14-19(24)22-18-9-5-6-12-21-20(18)25/h2-4,7-8,15,17-18H,5-6,9-14H2,1H3,(H,21,25)(H,22,24)/t15-,18+/m1/s1. The van der Waals surface area contributed by atoms with E-state index in [9.17, 15) is 9.59 Å². The Morgan fingerprint density at radius 2 is 2.00 bits per heavy atom. The number of hydrogen-bond acceptors (Lipinski definition) is 3. The zero-order chi connectivity index (χ0) is 17.6. The summed E-state index contributed by atoms with van der Waals surface area (Å²) in [5.74, 6) is 0.596. The summed E-state index contributed by atoms with van der Waals surface area (Å²) in [4.78, 5) is 26.9. The summed E-state index contributed by atoms with van der Waals surface area (Å²) in [7, 11) is 0. The summed E-state index contributed by atoms with van der Waals surface area (Å²) in [6.07, 6.45) is 5.18. The molecule has 5 nitrogen and oxygen atoms in total. The Labute approximate surface area is 150 Å². The summed E-state index contributed by atoms with van der Waals surface area (Å²) in [5, 5.41) is 5.82. The van der Waals surface area contributed by atoms with Crippen molar-refractivity contribution in [3.63, 3.8) is 0 Å². The van der Waals surface area contributed by atoms with Crippen molar-refractivity contribution in [2.75, 3.05) is 13.1 Å². The molecule has 1 heterocycles. The van der Waals surface area contributed by atoms with Gasteiger partial charge in [-0.3, -0.25) is 14.5 Å². The largest absolute Gasteiger partial charge is 0.354 e. The van der Waals surface area contributed by atoms with Crippen LogP contribution in [0.1, 0.15) is 44.6 Å². The predicted octanol–water partition coefficient (Wildman–Crippen LogP) is 2.07. The lowest BCUT2D eigenvalue weighted by atomic mass is 10.1. The van der Waals surface area contributed by atoms with Crippen LogP contribution >= 0.6 is 0 Å². The highest BCUT2D eigenvalue weighted by atomic mass is 16.2. The van der Waals surface area contributed by atoms with E-state index in [1.165, 1.54) is 18.4 Å². The predicted molar refractivity (Wildman–Crippen MR) is 97.8 cm³/mol. The van der Waals surface area contributed by atoms with Crippen molar-refractivity contribution in [1.29, 1.82) is 0 Å². The molecule has 1 saturated heterocycles. The Morgan fingerprint density at radius 3 is 2.72 bits per heavy atom. The second-order valence-electron chi connectivity index (χ2n) is 7.38. The van der Waals surface area contributed by atoms with Crippen LogP contribution in [0.25, 0.3) is 0 Å². The van der Waals surface area contributed by atoms with Crippen molar-refractivity contribution >= 4 is 11.8 Å². The number of hydrogen-bond donors (Lipinski definition) is 2. The minimum Gasteiger partial charge on any atom is -0.354 e. The van der Waals surface area contributed by atoms with Crippen LogP contribution in [-0.4, -0.2) is 41.9 Å². The Hall–Kier alpha value is -1.88. The molecule has 3 rings (SSSR count). The van der Waals surface area contributed by atoms with Crippen LogP contribution in [0.15, 0.2) is 30.3 Å². The van der Waals surface area contributed by atoms with E-state index in [0.717, 1.165) is 25.8 Å². The van der Waals surface area contributed by atoms with Gasteiger partial charge in [-0.2, -0.15) is 0 Å². The average Bonchev–Trinajstić information content (AvgIpc) is 3.45. The Kier molecular flexibility index (Phi) is 6.08. The molecule has 5 heteroatoms. The van der Waals surface area contributed by atoms with Gasteiger partial charge in [0, 0.05) is 19.1 Å². The van der Waals surface area contributed by atoms with Crippen LogP contribution in [-0.2, 0) is 16.1 Å². The maximum absolute atomic E-state index is 12.6. The summed E-state index contributed by atoms with van der Waals surface area (Å²) in [6, 6.07) is 10.3. The van der Waals surface area contributed by atoms with E-state index in [1.54, 1.807) is 0 Å². The number of nitrogens with zero attached hydrogens (tertiary/aromatic N) is 1. The lowest BCUT2D eigenvalue weighted by molar-refractivity contribution is -0.129. The van der Waals surface area contributed by atoms with Gasteiger partial charge in [0.15, 0.2) is 0 Å². The number of carbonyl (C=O) groups is 2. The van der Waals surface area contributed by atoms with Crippen molar-refractivity contribution in [1.82, 2.24) is 15.5 Å². The van der Waals surface area contributed by atoms with Crippen LogP contribution in [0.5, 0.6) is 0 Å². The number of carbonyl (C=O) groups excluding carboxylic acids is 2. The van der Waals surface area contributed by atoms with E-state index in [4.69, 9.17) is 0 Å². The fraction of sp³-hybridized carbons (Fsp3) is 0.600. The lowest BCUT2D eigenvalue weighted by Gasteiger charge is -2.29. The summed E-state index contributed by atoms with van der Waals surface area (Å²) >= 11 is 0. The molecule has 2 atom stereocenters. The molecule has 136 valence electrons. The number of benzene rings is 1. The van der Waals surface area contributed by atoms with Gasteiger partial charge < -0.3 is 10.6 Å². The lowest BCUT2D eigenvalue weighted by Crippen LogP contribution is -2.49. The van der Waals surface area contributed by atoms with Gasteiger partial charge in [0.2, 0.25) is 11.8 Å². The molecule has 1 aliphatic carbocycles. The minimum absolute atomic E-state index is 0.0456. The quantitative estimate of drug-likeness (QED) is 0.797. The Morgan fingerprint density at radius 1 is 1.24 bits per heavy atom. The first kappa shape index (κ1) is 17.9. The van der Waals surface area contributed by atoms with Gasteiger partial charge in [0.05, 0.1) is 6.54 Å². The molecular formula is C20H29N3O2. The monoisotopic (exact) mass is 343 g/mol. The molecule has 0 aromatic heterocycles. The van der Waals surface area contributed by atoms with E-state index in [0.29, 0.717) is 25.0 Å². The SMILES string of the molecule is C[C@H](C1CC1)N(CC(=O)N[C@H]1CCCCNC1=O)Cc1ccccc1. The zero-order valence-electron chi connectivity index (χ0n) is 15.0. The molecule has 2 amide bonds. The summed E-state index contributed by atoms with van der Waals surface area (Å²) < 4.78 is 0. The number of nitrogens with one attached hydrogen (secondary N) is 2. The van der Waals surface area contributed by atoms with Crippen molar-refractivity contribution in [2.45, 2.75) is 57.7 Å². The van der Waals surface area contributed by atoms with Crippen molar-refractivity contribution in [3.05, 3.63) is 35.9 Å². The molecule has 25 heavy (non-hydrogen) atoms. The van der Waals surface area contributed by atoms with E-state index in [1.807, 2.05) is 18.2 Å². The van der Waals surface area contributed by atoms with Crippen LogP contribution in [0, 0.1) is 5.92 Å². The highest BCUT2D eigenvalue weighted by molar-refractivity contribution is 5.88. The van der Waals surface area contributed by atoms with Crippen molar-refractivity contribution in [2.24, 2.45) is 5.92 Å². The highest BCUT2D eigenvalue weighted by Crippen LogP contribution is 2.35. The van der Waals surface area contributed by atoms with Crippen LogP contribution in [0.2, 0.25) is 0 Å². The van der Waals surface area contributed by atoms with Gasteiger partial charge in [0.1, 0.15) is 6.04 Å². The molecule has 2 fully saturated rings. The summed E-state index contributed by atoms with van der Waals surface area (Å²) in [6.45, 7) is 4.04. The third-order valence-electron chi connectivity index (χ3n) is 5.33. The van der Waals surface area contributed by atoms with Gasteiger partial charge in [-0.25, -0.2) is 0 Å². The minimum atomic E-state index is -0.384. The Bertz CT molecular complexity index is 586. The molecule has 0 radical (unpaired) electrons. The first-order valence-corrected chi connectivity index (χ1v) is 9.48. The van der Waals surface area contributed by atoms with Crippen molar-refractivity contribution < 1.29 is 9.59 Å². The van der Waals surface area contributed by atoms with Crippen LogP contribution < -0.4 is 10.6 Å². The fourth-order valence-corrected chi connectivity index (χ4v) is 3.54. The molecule has 1 aromatic rings. The Balaban J connectivity index is 1.60. The molecule has 2 N–H and O–H groups in total. The molecular weight excluding hydrogens is 314 g/mol. The summed E-state index contributed by atoms with van der Waals surface area (Å²) in [5.41, 5.74) is 1.22. The second kappa shape index (κ2) is 8.48. The van der Waals surface area contributed by atoms with Gasteiger partial charge in [-0.05, 0) is 50.5 Å². The van der Waals surface area contributed by atoms with Crippen LogP contribution in [0.4, 0.5) is 0 Å². The van der Waals surface area contributed by atoms with Gasteiger partial charge >= 0.3 is 0 Å². The van der Waals surface area contributed by atoms with Crippen molar-refractivity contribution in [3.8, 4) is 0 Å². The molecule has 0 spiro atoms. The zero-order valence-corrected chi connectivity index (χ0v) is 15.0. The average molecular weight is 343 g/mol. The third-order valence-corrected chi connectivity index (χ3v) is 5.33. The van der Waals surface area contributed by atoms with Crippen LogP contribution in [0.3, 0.4) is 0 Å². The number of rotatable bonds is 7. The molecule has 1 aliphatic heterocycles. The normalized spacial score (nSPS) is 22.2. The molecule has 1 aromatic carbocycles. The highest BCUT2D eigenvalue weighted by Gasteiger charge is 2.33.